The highest BCUT2D eigenvalue weighted by Crippen LogP contribution is 2.13. The van der Waals surface area contributed by atoms with Crippen molar-refractivity contribution in [3.05, 3.63) is 0 Å². The number of nitrogens with zero attached hydrogens (tertiary/aromatic N) is 1. The maximum atomic E-state index is 11.5. The summed E-state index contributed by atoms with van der Waals surface area (Å²) in [6, 6.07) is 0.220. The van der Waals surface area contributed by atoms with Gasteiger partial charge in [-0.15, -0.1) is 0 Å². The lowest BCUT2D eigenvalue weighted by molar-refractivity contribution is -0.122. The maximum Gasteiger partial charge on any atom is 0.221 e. The Labute approximate surface area is 96.0 Å². The van der Waals surface area contributed by atoms with Crippen molar-refractivity contribution in [2.75, 3.05) is 37.7 Å². The summed E-state index contributed by atoms with van der Waals surface area (Å²) in [5.74, 6) is 2.43. The highest BCUT2D eigenvalue weighted by atomic mass is 32.2. The highest BCUT2D eigenvalue weighted by molar-refractivity contribution is 7.99. The molecule has 1 unspecified atom stereocenters. The average Bonchev–Trinajstić information content (AvgIpc) is 2.27. The van der Waals surface area contributed by atoms with Gasteiger partial charge < -0.3 is 11.1 Å². The number of thioether (sulfide) groups is 1. The van der Waals surface area contributed by atoms with Gasteiger partial charge in [-0.05, 0) is 6.92 Å². The number of nitrogens with one attached hydrogen (secondary N) is 1. The molecule has 88 valence electrons. The van der Waals surface area contributed by atoms with Crippen molar-refractivity contribution in [3.8, 4) is 0 Å². The second-order valence-corrected chi connectivity index (χ2v) is 4.92. The Morgan fingerprint density at radius 1 is 1.53 bits per heavy atom. The summed E-state index contributed by atoms with van der Waals surface area (Å²) in [6.07, 6.45) is 0.537. The number of hydrogen-bond donors (Lipinski definition) is 2. The minimum absolute atomic E-state index is 0.117. The van der Waals surface area contributed by atoms with Crippen LogP contribution in [-0.4, -0.2) is 54.5 Å². The zero-order chi connectivity index (χ0) is 11.1. The number of nitrogens with two attached hydrogens (primary N) is 1. The molecule has 1 saturated heterocycles. The van der Waals surface area contributed by atoms with E-state index in [0.29, 0.717) is 19.5 Å². The van der Waals surface area contributed by atoms with Crippen molar-refractivity contribution < 1.29 is 4.79 Å². The zero-order valence-electron chi connectivity index (χ0n) is 9.37. The summed E-state index contributed by atoms with van der Waals surface area (Å²) in [7, 11) is 0. The molecule has 4 nitrogen and oxygen atoms in total. The molecule has 0 aliphatic carbocycles. The second-order valence-electron chi connectivity index (χ2n) is 3.70. The Bertz CT molecular complexity index is 195. The molecule has 1 amide bonds. The molecule has 3 N–H and O–H groups in total. The lowest BCUT2D eigenvalue weighted by Gasteiger charge is -2.33. The van der Waals surface area contributed by atoms with Crippen LogP contribution in [0.5, 0.6) is 0 Å². The summed E-state index contributed by atoms with van der Waals surface area (Å²) >= 11 is 1.97. The van der Waals surface area contributed by atoms with Crippen LogP contribution in [0.2, 0.25) is 0 Å². The van der Waals surface area contributed by atoms with Gasteiger partial charge in [0.05, 0.1) is 0 Å². The van der Waals surface area contributed by atoms with Gasteiger partial charge in [0.25, 0.3) is 0 Å². The van der Waals surface area contributed by atoms with E-state index in [-0.39, 0.29) is 11.9 Å². The lowest BCUT2D eigenvalue weighted by Crippen LogP contribution is -2.47. The van der Waals surface area contributed by atoms with Gasteiger partial charge in [0.1, 0.15) is 0 Å². The third kappa shape index (κ3) is 4.40. The molecule has 1 aliphatic heterocycles. The van der Waals surface area contributed by atoms with E-state index in [0.717, 1.165) is 24.6 Å². The van der Waals surface area contributed by atoms with Crippen LogP contribution in [0, 0.1) is 0 Å². The van der Waals surface area contributed by atoms with Crippen molar-refractivity contribution in [2.24, 2.45) is 5.73 Å². The fourth-order valence-electron chi connectivity index (χ4n) is 1.79. The van der Waals surface area contributed by atoms with Crippen molar-refractivity contribution in [1.29, 1.82) is 0 Å². The van der Waals surface area contributed by atoms with Gasteiger partial charge in [-0.2, -0.15) is 11.8 Å². The first-order valence-electron chi connectivity index (χ1n) is 5.56. The predicted molar refractivity (Wildman–Crippen MR) is 65.0 cm³/mol. The third-order valence-corrected chi connectivity index (χ3v) is 3.57. The van der Waals surface area contributed by atoms with Crippen molar-refractivity contribution in [1.82, 2.24) is 10.2 Å². The molecule has 0 aromatic heterocycles. The number of hydrogen-bond acceptors (Lipinski definition) is 4. The molecule has 1 fully saturated rings. The van der Waals surface area contributed by atoms with Crippen LogP contribution in [0.3, 0.4) is 0 Å². The standard InChI is InChI=1S/C10H21N3OS/c1-2-12-10(14)7-9(8-11)13-3-5-15-6-4-13/h9H,2-8,11H2,1H3,(H,12,14). The zero-order valence-corrected chi connectivity index (χ0v) is 10.2. The fourth-order valence-corrected chi connectivity index (χ4v) is 2.72. The Kier molecular flexibility index (Phi) is 6.05. The summed E-state index contributed by atoms with van der Waals surface area (Å²) < 4.78 is 0. The smallest absolute Gasteiger partial charge is 0.221 e. The number of amides is 1. The van der Waals surface area contributed by atoms with Crippen LogP contribution in [0.4, 0.5) is 0 Å². The largest absolute Gasteiger partial charge is 0.356 e. The van der Waals surface area contributed by atoms with E-state index in [9.17, 15) is 4.79 Å². The van der Waals surface area contributed by atoms with E-state index in [2.05, 4.69) is 10.2 Å². The molecular weight excluding hydrogens is 210 g/mol. The van der Waals surface area contributed by atoms with Crippen LogP contribution in [0.15, 0.2) is 0 Å². The summed E-state index contributed by atoms with van der Waals surface area (Å²) in [4.78, 5) is 13.8. The first-order valence-corrected chi connectivity index (χ1v) is 6.72. The molecule has 1 heterocycles. The van der Waals surface area contributed by atoms with Crippen LogP contribution in [-0.2, 0) is 4.79 Å². The molecule has 15 heavy (non-hydrogen) atoms. The first kappa shape index (κ1) is 12.8. The molecule has 5 heteroatoms. The van der Waals surface area contributed by atoms with Crippen molar-refractivity contribution in [2.45, 2.75) is 19.4 Å². The van der Waals surface area contributed by atoms with Crippen LogP contribution >= 0.6 is 11.8 Å². The van der Waals surface area contributed by atoms with Gasteiger partial charge >= 0.3 is 0 Å². The maximum absolute atomic E-state index is 11.5. The topological polar surface area (TPSA) is 58.4 Å². The Hall–Kier alpha value is -0.260. The summed E-state index contributed by atoms with van der Waals surface area (Å²) in [6.45, 7) is 5.33. The monoisotopic (exact) mass is 231 g/mol. The van der Waals surface area contributed by atoms with Gasteiger partial charge in [-0.3, -0.25) is 9.69 Å². The normalized spacial score (nSPS) is 19.9. The van der Waals surface area contributed by atoms with Gasteiger partial charge in [0.15, 0.2) is 0 Å². The predicted octanol–water partition coefficient (Wildman–Crippen LogP) is -0.111. The molecule has 0 spiro atoms. The highest BCUT2D eigenvalue weighted by Gasteiger charge is 2.21. The lowest BCUT2D eigenvalue weighted by atomic mass is 10.1. The summed E-state index contributed by atoms with van der Waals surface area (Å²) in [5, 5.41) is 2.82. The quantitative estimate of drug-likeness (QED) is 0.693. The van der Waals surface area contributed by atoms with E-state index < -0.39 is 0 Å². The van der Waals surface area contributed by atoms with Gasteiger partial charge in [-0.25, -0.2) is 0 Å². The van der Waals surface area contributed by atoms with E-state index in [1.165, 1.54) is 0 Å². The minimum Gasteiger partial charge on any atom is -0.356 e. The average molecular weight is 231 g/mol. The molecule has 1 aliphatic rings. The van der Waals surface area contributed by atoms with E-state index in [1.54, 1.807) is 0 Å². The van der Waals surface area contributed by atoms with E-state index in [4.69, 9.17) is 5.73 Å². The molecule has 0 radical (unpaired) electrons. The van der Waals surface area contributed by atoms with Crippen molar-refractivity contribution >= 4 is 17.7 Å². The molecule has 1 rings (SSSR count). The Morgan fingerprint density at radius 2 is 2.20 bits per heavy atom. The molecule has 1 atom stereocenters. The molecule has 0 aromatic rings. The van der Waals surface area contributed by atoms with Gasteiger partial charge in [0.2, 0.25) is 5.91 Å². The SMILES string of the molecule is CCNC(=O)CC(CN)N1CCSCC1. The molecule has 0 aromatic carbocycles. The van der Waals surface area contributed by atoms with Crippen LogP contribution in [0.1, 0.15) is 13.3 Å². The third-order valence-electron chi connectivity index (χ3n) is 2.63. The van der Waals surface area contributed by atoms with Crippen LogP contribution < -0.4 is 11.1 Å². The fraction of sp³-hybridized carbons (Fsp3) is 0.900. The second kappa shape index (κ2) is 7.09. The minimum atomic E-state index is 0.117. The molecule has 0 bridgehead atoms. The number of carbonyl (C=O) groups is 1. The molecule has 0 saturated carbocycles. The van der Waals surface area contributed by atoms with E-state index in [1.807, 2.05) is 18.7 Å². The van der Waals surface area contributed by atoms with Crippen LogP contribution in [0.25, 0.3) is 0 Å². The molecular formula is C10H21N3OS. The van der Waals surface area contributed by atoms with Gasteiger partial charge in [0, 0.05) is 50.1 Å². The Balaban J connectivity index is 2.36. The number of carbonyl (C=O) groups excluding carboxylic acids is 1. The number of rotatable bonds is 5. The van der Waals surface area contributed by atoms with Crippen molar-refractivity contribution in [3.63, 3.8) is 0 Å². The Morgan fingerprint density at radius 3 is 2.73 bits per heavy atom. The van der Waals surface area contributed by atoms with E-state index >= 15 is 0 Å². The first-order chi connectivity index (χ1) is 7.27. The van der Waals surface area contributed by atoms with Gasteiger partial charge in [-0.1, -0.05) is 0 Å². The summed E-state index contributed by atoms with van der Waals surface area (Å²) in [5.41, 5.74) is 5.72.